The van der Waals surface area contributed by atoms with Crippen LogP contribution in [0.5, 0.6) is 0 Å². The summed E-state index contributed by atoms with van der Waals surface area (Å²) in [6.45, 7) is 4.86. The molecule has 2 rings (SSSR count). The van der Waals surface area contributed by atoms with Gasteiger partial charge < -0.3 is 15.8 Å². The first-order valence-electron chi connectivity index (χ1n) is 6.14. The molecule has 1 aliphatic rings. The van der Waals surface area contributed by atoms with E-state index in [1.807, 2.05) is 26.0 Å². The van der Waals surface area contributed by atoms with Gasteiger partial charge in [0, 0.05) is 18.9 Å². The summed E-state index contributed by atoms with van der Waals surface area (Å²) < 4.78 is 5.23. The monoisotopic (exact) mass is 249 g/mol. The molecule has 1 aromatic rings. The van der Waals surface area contributed by atoms with Gasteiger partial charge in [0.1, 0.15) is 5.54 Å². The highest BCUT2D eigenvalue weighted by Crippen LogP contribution is 2.21. The van der Waals surface area contributed by atoms with Crippen molar-refractivity contribution in [3.8, 4) is 0 Å². The quantitative estimate of drug-likeness (QED) is 0.824. The smallest absolute Gasteiger partial charge is 0.244 e. The van der Waals surface area contributed by atoms with Gasteiger partial charge in [-0.3, -0.25) is 9.78 Å². The van der Waals surface area contributed by atoms with E-state index in [0.29, 0.717) is 26.1 Å². The van der Waals surface area contributed by atoms with Crippen molar-refractivity contribution in [2.24, 2.45) is 5.73 Å². The zero-order valence-corrected chi connectivity index (χ0v) is 10.8. The van der Waals surface area contributed by atoms with Crippen LogP contribution < -0.4 is 11.1 Å². The van der Waals surface area contributed by atoms with Gasteiger partial charge in [0.15, 0.2) is 0 Å². The van der Waals surface area contributed by atoms with Gasteiger partial charge in [-0.15, -0.1) is 0 Å². The highest BCUT2D eigenvalue weighted by Gasteiger charge is 2.36. The number of amides is 1. The molecule has 0 spiro atoms. The number of aryl methyl sites for hydroxylation is 2. The molecular weight excluding hydrogens is 230 g/mol. The van der Waals surface area contributed by atoms with Crippen molar-refractivity contribution in [1.82, 2.24) is 4.98 Å². The minimum absolute atomic E-state index is 0.153. The van der Waals surface area contributed by atoms with E-state index in [1.165, 1.54) is 0 Å². The molecule has 0 bridgehead atoms. The number of hydrogen-bond donors (Lipinski definition) is 2. The van der Waals surface area contributed by atoms with Gasteiger partial charge in [-0.2, -0.15) is 0 Å². The molecule has 18 heavy (non-hydrogen) atoms. The number of aromatic nitrogens is 1. The summed E-state index contributed by atoms with van der Waals surface area (Å²) in [5.41, 5.74) is 7.75. The molecular formula is C13H19N3O2. The summed E-state index contributed by atoms with van der Waals surface area (Å²) in [5, 5.41) is 2.87. The third-order valence-corrected chi connectivity index (χ3v) is 3.31. The van der Waals surface area contributed by atoms with Crippen LogP contribution in [0.15, 0.2) is 12.1 Å². The lowest BCUT2D eigenvalue weighted by Crippen LogP contribution is -2.54. The van der Waals surface area contributed by atoms with Gasteiger partial charge >= 0.3 is 0 Å². The molecule has 3 N–H and O–H groups in total. The lowest BCUT2D eigenvalue weighted by Gasteiger charge is -2.31. The van der Waals surface area contributed by atoms with E-state index in [9.17, 15) is 4.79 Å². The first-order valence-corrected chi connectivity index (χ1v) is 6.14. The highest BCUT2D eigenvalue weighted by molar-refractivity contribution is 5.98. The molecule has 0 radical (unpaired) electrons. The lowest BCUT2D eigenvalue weighted by atomic mass is 9.90. The highest BCUT2D eigenvalue weighted by atomic mass is 16.5. The molecule has 0 unspecified atom stereocenters. The second-order valence-corrected chi connectivity index (χ2v) is 4.81. The standard InChI is InChI=1S/C13H19N3O2/c1-9-3-4-11(10(2)15-9)16-12(17)13(14)5-7-18-8-6-13/h3-4H,5-8,14H2,1-2H3,(H,16,17). The lowest BCUT2D eigenvalue weighted by molar-refractivity contribution is -0.124. The average molecular weight is 249 g/mol. The second-order valence-electron chi connectivity index (χ2n) is 4.81. The Labute approximate surface area is 107 Å². The number of nitrogens with two attached hydrogens (primary N) is 1. The molecule has 5 heteroatoms. The van der Waals surface area contributed by atoms with Crippen LogP contribution in [0.4, 0.5) is 5.69 Å². The number of anilines is 1. The Balaban J connectivity index is 2.11. The summed E-state index contributed by atoms with van der Waals surface area (Å²) in [5.74, 6) is -0.153. The SMILES string of the molecule is Cc1ccc(NC(=O)C2(N)CCOCC2)c(C)n1. The van der Waals surface area contributed by atoms with Crippen molar-refractivity contribution < 1.29 is 9.53 Å². The van der Waals surface area contributed by atoms with Crippen LogP contribution in [0.25, 0.3) is 0 Å². The van der Waals surface area contributed by atoms with Crippen LogP contribution in [0.3, 0.4) is 0 Å². The van der Waals surface area contributed by atoms with Crippen molar-refractivity contribution in [1.29, 1.82) is 0 Å². The van der Waals surface area contributed by atoms with Gasteiger partial charge in [-0.25, -0.2) is 0 Å². The van der Waals surface area contributed by atoms with Gasteiger partial charge in [-0.1, -0.05) is 0 Å². The molecule has 5 nitrogen and oxygen atoms in total. The third-order valence-electron chi connectivity index (χ3n) is 3.31. The van der Waals surface area contributed by atoms with Crippen LogP contribution in [0.1, 0.15) is 24.2 Å². The molecule has 1 fully saturated rings. The normalized spacial score (nSPS) is 18.4. The van der Waals surface area contributed by atoms with Crippen molar-refractivity contribution in [3.63, 3.8) is 0 Å². The summed E-state index contributed by atoms with van der Waals surface area (Å²) in [6, 6.07) is 3.73. The molecule has 0 aliphatic carbocycles. The van der Waals surface area contributed by atoms with Crippen molar-refractivity contribution in [3.05, 3.63) is 23.5 Å². The van der Waals surface area contributed by atoms with Crippen LogP contribution in [0, 0.1) is 13.8 Å². The maximum Gasteiger partial charge on any atom is 0.244 e. The minimum Gasteiger partial charge on any atom is -0.381 e. The van der Waals surface area contributed by atoms with E-state index in [-0.39, 0.29) is 5.91 Å². The number of nitrogens with zero attached hydrogens (tertiary/aromatic N) is 1. The van der Waals surface area contributed by atoms with Crippen molar-refractivity contribution in [2.45, 2.75) is 32.2 Å². The summed E-state index contributed by atoms with van der Waals surface area (Å²) in [4.78, 5) is 16.5. The van der Waals surface area contributed by atoms with Crippen LogP contribution in [-0.4, -0.2) is 29.6 Å². The predicted octanol–water partition coefficient (Wildman–Crippen LogP) is 1.14. The number of carbonyl (C=O) groups is 1. The van der Waals surface area contributed by atoms with Crippen LogP contribution in [-0.2, 0) is 9.53 Å². The van der Waals surface area contributed by atoms with Gasteiger partial charge in [0.2, 0.25) is 5.91 Å². The molecule has 0 atom stereocenters. The molecule has 2 heterocycles. The predicted molar refractivity (Wildman–Crippen MR) is 69.3 cm³/mol. The molecule has 98 valence electrons. The largest absolute Gasteiger partial charge is 0.381 e. The Morgan fingerprint density at radius 2 is 2.06 bits per heavy atom. The Morgan fingerprint density at radius 3 is 2.67 bits per heavy atom. The molecule has 1 aromatic heterocycles. The maximum absolute atomic E-state index is 12.2. The number of carbonyl (C=O) groups excluding carboxylic acids is 1. The van der Waals surface area contributed by atoms with E-state index in [1.54, 1.807) is 0 Å². The summed E-state index contributed by atoms with van der Waals surface area (Å²) in [6.07, 6.45) is 1.11. The van der Waals surface area contributed by atoms with E-state index in [0.717, 1.165) is 17.1 Å². The number of hydrogen-bond acceptors (Lipinski definition) is 4. The van der Waals surface area contributed by atoms with E-state index < -0.39 is 5.54 Å². The fourth-order valence-corrected chi connectivity index (χ4v) is 2.03. The molecule has 0 saturated carbocycles. The topological polar surface area (TPSA) is 77.2 Å². The first kappa shape index (κ1) is 13.0. The Hall–Kier alpha value is -1.46. The fraction of sp³-hybridized carbons (Fsp3) is 0.538. The van der Waals surface area contributed by atoms with Crippen molar-refractivity contribution in [2.75, 3.05) is 18.5 Å². The van der Waals surface area contributed by atoms with Gasteiger partial charge in [0.25, 0.3) is 0 Å². The Bertz CT molecular complexity index is 454. The number of ether oxygens (including phenoxy) is 1. The summed E-state index contributed by atoms with van der Waals surface area (Å²) in [7, 11) is 0. The molecule has 1 amide bonds. The number of pyridine rings is 1. The Morgan fingerprint density at radius 1 is 1.39 bits per heavy atom. The third kappa shape index (κ3) is 2.68. The second kappa shape index (κ2) is 5.04. The molecule has 0 aromatic carbocycles. The van der Waals surface area contributed by atoms with Crippen molar-refractivity contribution >= 4 is 11.6 Å². The summed E-state index contributed by atoms with van der Waals surface area (Å²) >= 11 is 0. The Kier molecular flexibility index (Phi) is 3.63. The number of rotatable bonds is 2. The van der Waals surface area contributed by atoms with Crippen LogP contribution in [0.2, 0.25) is 0 Å². The average Bonchev–Trinajstić information content (AvgIpc) is 2.33. The number of nitrogens with one attached hydrogen (secondary N) is 1. The maximum atomic E-state index is 12.2. The molecule has 1 saturated heterocycles. The van der Waals surface area contributed by atoms with E-state index in [4.69, 9.17) is 10.5 Å². The van der Waals surface area contributed by atoms with E-state index >= 15 is 0 Å². The zero-order valence-electron chi connectivity index (χ0n) is 10.8. The zero-order chi connectivity index (χ0) is 13.2. The van der Waals surface area contributed by atoms with E-state index in [2.05, 4.69) is 10.3 Å². The minimum atomic E-state index is -0.824. The fourth-order valence-electron chi connectivity index (χ4n) is 2.03. The van der Waals surface area contributed by atoms with Crippen LogP contribution >= 0.6 is 0 Å². The van der Waals surface area contributed by atoms with Gasteiger partial charge in [-0.05, 0) is 38.8 Å². The van der Waals surface area contributed by atoms with Gasteiger partial charge in [0.05, 0.1) is 11.4 Å². The first-order chi connectivity index (χ1) is 8.51. The molecule has 1 aliphatic heterocycles.